The van der Waals surface area contributed by atoms with Gasteiger partial charge in [-0.15, -0.1) is 0 Å². The van der Waals surface area contributed by atoms with E-state index in [9.17, 15) is 4.79 Å². The molecule has 6 heteroatoms. The maximum absolute atomic E-state index is 11.7. The molecule has 16 heavy (non-hydrogen) atoms. The first-order valence-corrected chi connectivity index (χ1v) is 5.73. The van der Waals surface area contributed by atoms with Gasteiger partial charge in [-0.05, 0) is 12.8 Å². The van der Waals surface area contributed by atoms with Crippen molar-refractivity contribution in [2.45, 2.75) is 32.1 Å². The van der Waals surface area contributed by atoms with Gasteiger partial charge in [0.25, 0.3) is 0 Å². The molecule has 0 saturated carbocycles. The topological polar surface area (TPSA) is 91.0 Å². The number of hydrogen-bond acceptors (Lipinski definition) is 3. The lowest BCUT2D eigenvalue weighted by Gasteiger charge is -2.20. The fraction of sp³-hybridized carbons (Fsp3) is 0.800. The van der Waals surface area contributed by atoms with Crippen molar-refractivity contribution in [2.75, 3.05) is 19.6 Å². The first-order valence-electron chi connectivity index (χ1n) is 5.73. The number of carbonyl (C=O) groups is 1. The highest BCUT2D eigenvalue weighted by molar-refractivity contribution is 5.80. The number of urea groups is 1. The molecular weight excluding hydrogens is 208 g/mol. The van der Waals surface area contributed by atoms with Gasteiger partial charge < -0.3 is 21.2 Å². The minimum atomic E-state index is -0.0485. The molecule has 0 aromatic rings. The molecular formula is C10H20N4O2. The first kappa shape index (κ1) is 12.6. The van der Waals surface area contributed by atoms with E-state index in [-0.39, 0.29) is 11.9 Å². The van der Waals surface area contributed by atoms with E-state index in [1.807, 2.05) is 4.90 Å². The van der Waals surface area contributed by atoms with Gasteiger partial charge >= 0.3 is 6.03 Å². The van der Waals surface area contributed by atoms with Gasteiger partial charge in [-0.3, -0.25) is 0 Å². The van der Waals surface area contributed by atoms with Crippen molar-refractivity contribution in [3.8, 4) is 0 Å². The van der Waals surface area contributed by atoms with E-state index in [2.05, 4.69) is 10.5 Å². The Labute approximate surface area is 95.5 Å². The highest BCUT2D eigenvalue weighted by atomic mass is 16.4. The van der Waals surface area contributed by atoms with Crippen molar-refractivity contribution in [2.24, 2.45) is 10.9 Å². The first-order chi connectivity index (χ1) is 7.74. The van der Waals surface area contributed by atoms with Crippen molar-refractivity contribution in [3.05, 3.63) is 0 Å². The molecule has 1 fully saturated rings. The van der Waals surface area contributed by atoms with E-state index in [1.54, 1.807) is 0 Å². The van der Waals surface area contributed by atoms with Gasteiger partial charge in [0, 0.05) is 26.1 Å². The van der Waals surface area contributed by atoms with Crippen LogP contribution in [-0.4, -0.2) is 41.6 Å². The lowest BCUT2D eigenvalue weighted by molar-refractivity contribution is 0.200. The summed E-state index contributed by atoms with van der Waals surface area (Å²) in [6.07, 6.45) is 4.93. The number of amidine groups is 1. The van der Waals surface area contributed by atoms with Crippen molar-refractivity contribution in [1.29, 1.82) is 0 Å². The molecule has 0 aliphatic carbocycles. The van der Waals surface area contributed by atoms with Gasteiger partial charge in [0.15, 0.2) is 0 Å². The summed E-state index contributed by atoms with van der Waals surface area (Å²) in [6, 6.07) is -0.0485. The average Bonchev–Trinajstić information content (AvgIpc) is 2.57. The number of amides is 2. The summed E-state index contributed by atoms with van der Waals surface area (Å²) >= 11 is 0. The van der Waals surface area contributed by atoms with Gasteiger partial charge in [0.1, 0.15) is 5.84 Å². The molecule has 0 unspecified atom stereocenters. The molecule has 1 aliphatic rings. The number of hydrogen-bond donors (Lipinski definition) is 3. The van der Waals surface area contributed by atoms with Crippen LogP contribution in [0.4, 0.5) is 4.79 Å². The number of likely N-dealkylation sites (tertiary alicyclic amines) is 1. The Balaban J connectivity index is 2.22. The van der Waals surface area contributed by atoms with E-state index in [1.165, 1.54) is 12.8 Å². The van der Waals surface area contributed by atoms with Crippen LogP contribution in [0.2, 0.25) is 0 Å². The smallest absolute Gasteiger partial charge is 0.317 e. The number of oxime groups is 1. The molecule has 1 aliphatic heterocycles. The SMILES string of the molecule is NC(CCNC(=O)N1CCCCCC1)=NO. The third kappa shape index (κ3) is 4.37. The second-order valence-corrected chi connectivity index (χ2v) is 3.97. The van der Waals surface area contributed by atoms with Crippen LogP contribution in [0.25, 0.3) is 0 Å². The summed E-state index contributed by atoms with van der Waals surface area (Å²) in [5.41, 5.74) is 5.30. The van der Waals surface area contributed by atoms with Crippen LogP contribution in [0, 0.1) is 0 Å². The van der Waals surface area contributed by atoms with Crippen LogP contribution in [0.3, 0.4) is 0 Å². The van der Waals surface area contributed by atoms with Gasteiger partial charge in [-0.25, -0.2) is 4.79 Å². The van der Waals surface area contributed by atoms with Crippen molar-refractivity contribution < 1.29 is 10.0 Å². The van der Waals surface area contributed by atoms with Crippen LogP contribution >= 0.6 is 0 Å². The Hall–Kier alpha value is -1.46. The lowest BCUT2D eigenvalue weighted by Crippen LogP contribution is -2.41. The predicted octanol–water partition coefficient (Wildman–Crippen LogP) is 0.708. The van der Waals surface area contributed by atoms with E-state index in [0.29, 0.717) is 13.0 Å². The van der Waals surface area contributed by atoms with E-state index < -0.39 is 0 Å². The Morgan fingerprint density at radius 3 is 2.50 bits per heavy atom. The van der Waals surface area contributed by atoms with Gasteiger partial charge in [-0.2, -0.15) is 0 Å². The molecule has 92 valence electrons. The van der Waals surface area contributed by atoms with Crippen molar-refractivity contribution >= 4 is 11.9 Å². The fourth-order valence-corrected chi connectivity index (χ4v) is 1.73. The molecule has 1 saturated heterocycles. The molecule has 0 bridgehead atoms. The number of rotatable bonds is 3. The standard InChI is InChI=1S/C10H20N4O2/c11-9(13-16)5-6-12-10(15)14-7-3-1-2-4-8-14/h16H,1-8H2,(H2,11,13)(H,12,15). The minimum absolute atomic E-state index is 0.0485. The Morgan fingerprint density at radius 1 is 1.31 bits per heavy atom. The Morgan fingerprint density at radius 2 is 1.94 bits per heavy atom. The van der Waals surface area contributed by atoms with E-state index in [0.717, 1.165) is 25.9 Å². The fourth-order valence-electron chi connectivity index (χ4n) is 1.73. The van der Waals surface area contributed by atoms with Crippen LogP contribution in [0.5, 0.6) is 0 Å². The molecule has 0 spiro atoms. The van der Waals surface area contributed by atoms with Crippen LogP contribution in [0.15, 0.2) is 5.16 Å². The number of carbonyl (C=O) groups excluding carboxylic acids is 1. The normalized spacial score (nSPS) is 18.0. The maximum Gasteiger partial charge on any atom is 0.317 e. The third-order valence-corrected chi connectivity index (χ3v) is 2.68. The maximum atomic E-state index is 11.7. The predicted molar refractivity (Wildman–Crippen MR) is 61.5 cm³/mol. The summed E-state index contributed by atoms with van der Waals surface area (Å²) in [4.78, 5) is 13.5. The number of nitrogens with zero attached hydrogens (tertiary/aromatic N) is 2. The summed E-state index contributed by atoms with van der Waals surface area (Å²) in [5, 5.41) is 13.9. The monoisotopic (exact) mass is 228 g/mol. The highest BCUT2D eigenvalue weighted by Gasteiger charge is 2.14. The lowest BCUT2D eigenvalue weighted by atomic mass is 10.2. The summed E-state index contributed by atoms with van der Waals surface area (Å²) in [5.74, 6) is 0.135. The zero-order chi connectivity index (χ0) is 11.8. The highest BCUT2D eigenvalue weighted by Crippen LogP contribution is 2.09. The summed E-state index contributed by atoms with van der Waals surface area (Å²) < 4.78 is 0. The largest absolute Gasteiger partial charge is 0.409 e. The Kier molecular flexibility index (Phi) is 5.45. The quantitative estimate of drug-likeness (QED) is 0.287. The molecule has 1 heterocycles. The van der Waals surface area contributed by atoms with Crippen molar-refractivity contribution in [3.63, 3.8) is 0 Å². The van der Waals surface area contributed by atoms with Crippen LogP contribution < -0.4 is 11.1 Å². The second kappa shape index (κ2) is 6.92. The van der Waals surface area contributed by atoms with E-state index in [4.69, 9.17) is 10.9 Å². The minimum Gasteiger partial charge on any atom is -0.409 e. The van der Waals surface area contributed by atoms with Gasteiger partial charge in [0.2, 0.25) is 0 Å². The summed E-state index contributed by atoms with van der Waals surface area (Å²) in [6.45, 7) is 2.07. The molecule has 0 aromatic carbocycles. The molecule has 0 aromatic heterocycles. The zero-order valence-electron chi connectivity index (χ0n) is 9.48. The number of nitrogens with two attached hydrogens (primary N) is 1. The molecule has 0 atom stereocenters. The molecule has 2 amide bonds. The molecule has 4 N–H and O–H groups in total. The zero-order valence-corrected chi connectivity index (χ0v) is 9.48. The van der Waals surface area contributed by atoms with Crippen LogP contribution in [-0.2, 0) is 0 Å². The van der Waals surface area contributed by atoms with Crippen LogP contribution in [0.1, 0.15) is 32.1 Å². The third-order valence-electron chi connectivity index (χ3n) is 2.68. The van der Waals surface area contributed by atoms with Gasteiger partial charge in [-0.1, -0.05) is 18.0 Å². The molecule has 1 rings (SSSR count). The molecule has 0 radical (unpaired) electrons. The second-order valence-electron chi connectivity index (χ2n) is 3.97. The van der Waals surface area contributed by atoms with Gasteiger partial charge in [0.05, 0.1) is 0 Å². The average molecular weight is 228 g/mol. The Bertz CT molecular complexity index is 247. The summed E-state index contributed by atoms with van der Waals surface area (Å²) in [7, 11) is 0. The van der Waals surface area contributed by atoms with Crippen molar-refractivity contribution in [1.82, 2.24) is 10.2 Å². The molecule has 6 nitrogen and oxygen atoms in total. The van der Waals surface area contributed by atoms with E-state index >= 15 is 0 Å². The number of nitrogens with one attached hydrogen (secondary N) is 1.